The highest BCUT2D eigenvalue weighted by molar-refractivity contribution is 5.94. The first-order valence-electron chi connectivity index (χ1n) is 6.85. The first-order chi connectivity index (χ1) is 11.1. The summed E-state index contributed by atoms with van der Waals surface area (Å²) in [5.74, 6) is 1.14. The monoisotopic (exact) mass is 318 g/mol. The van der Waals surface area contributed by atoms with Crippen LogP contribution in [0.1, 0.15) is 15.9 Å². The lowest BCUT2D eigenvalue weighted by Crippen LogP contribution is -2.11. The van der Waals surface area contributed by atoms with Crippen molar-refractivity contribution < 1.29 is 28.8 Å². The van der Waals surface area contributed by atoms with Crippen LogP contribution in [-0.4, -0.2) is 32.4 Å². The Morgan fingerprint density at radius 2 is 1.52 bits per heavy atom. The van der Waals surface area contributed by atoms with E-state index in [1.54, 1.807) is 37.4 Å². The van der Waals surface area contributed by atoms with Gasteiger partial charge in [0.05, 0.1) is 27.9 Å². The molecule has 6 heteroatoms. The average molecular weight is 318 g/mol. The van der Waals surface area contributed by atoms with E-state index in [0.29, 0.717) is 28.6 Å². The van der Waals surface area contributed by atoms with Crippen LogP contribution in [0, 0.1) is 0 Å². The average Bonchev–Trinajstić information content (AvgIpc) is 2.60. The molecule has 1 N–H and O–H groups in total. The summed E-state index contributed by atoms with van der Waals surface area (Å²) in [6.07, 6.45) is 0. The molecule has 0 aliphatic heterocycles. The number of carbonyl (C=O) groups excluding carboxylic acids is 1. The number of methoxy groups -OCH3 is 3. The number of aliphatic hydroxyl groups is 1. The van der Waals surface area contributed by atoms with Crippen LogP contribution in [0.4, 0.5) is 0 Å². The highest BCUT2D eigenvalue weighted by Crippen LogP contribution is 2.30. The summed E-state index contributed by atoms with van der Waals surface area (Å²) < 4.78 is 20.7. The van der Waals surface area contributed by atoms with Crippen molar-refractivity contribution in [3.8, 4) is 23.0 Å². The molecule has 0 saturated carbocycles. The summed E-state index contributed by atoms with van der Waals surface area (Å²) in [5, 5.41) is 9.32. The maximum Gasteiger partial charge on any atom is 0.347 e. The Morgan fingerprint density at radius 3 is 2.04 bits per heavy atom. The minimum Gasteiger partial charge on any atom is -0.497 e. The Labute approximate surface area is 134 Å². The normalized spacial score (nSPS) is 10.1. The van der Waals surface area contributed by atoms with Crippen molar-refractivity contribution in [2.24, 2.45) is 0 Å². The molecule has 2 aromatic carbocycles. The molecule has 0 saturated heterocycles. The molecule has 0 atom stereocenters. The summed E-state index contributed by atoms with van der Waals surface area (Å²) in [6, 6.07) is 9.66. The minimum atomic E-state index is -0.588. The van der Waals surface area contributed by atoms with E-state index in [1.807, 2.05) is 0 Å². The van der Waals surface area contributed by atoms with Gasteiger partial charge in [0.1, 0.15) is 28.6 Å². The van der Waals surface area contributed by atoms with Crippen molar-refractivity contribution in [2.75, 3.05) is 21.3 Å². The van der Waals surface area contributed by atoms with E-state index in [-0.39, 0.29) is 12.2 Å². The lowest BCUT2D eigenvalue weighted by molar-refractivity contribution is 0.0730. The van der Waals surface area contributed by atoms with Gasteiger partial charge in [0.2, 0.25) is 0 Å². The second-order valence-electron chi connectivity index (χ2n) is 4.59. The highest BCUT2D eigenvalue weighted by atomic mass is 16.5. The zero-order valence-electron chi connectivity index (χ0n) is 13.2. The Balaban J connectivity index is 2.29. The molecular weight excluding hydrogens is 300 g/mol. The van der Waals surface area contributed by atoms with E-state index >= 15 is 0 Å². The summed E-state index contributed by atoms with van der Waals surface area (Å²) in [4.78, 5) is 12.4. The van der Waals surface area contributed by atoms with Crippen molar-refractivity contribution in [1.29, 1.82) is 0 Å². The van der Waals surface area contributed by atoms with Gasteiger partial charge in [-0.2, -0.15) is 0 Å². The fourth-order valence-electron chi connectivity index (χ4n) is 2.05. The third kappa shape index (κ3) is 3.73. The number of benzene rings is 2. The number of hydrogen-bond donors (Lipinski definition) is 1. The van der Waals surface area contributed by atoms with Gasteiger partial charge in [0.15, 0.2) is 0 Å². The van der Waals surface area contributed by atoms with E-state index in [4.69, 9.17) is 18.9 Å². The van der Waals surface area contributed by atoms with Crippen molar-refractivity contribution in [3.63, 3.8) is 0 Å². The fourth-order valence-corrected chi connectivity index (χ4v) is 2.05. The van der Waals surface area contributed by atoms with Gasteiger partial charge in [-0.05, 0) is 36.4 Å². The molecule has 0 fully saturated rings. The van der Waals surface area contributed by atoms with Gasteiger partial charge in [-0.1, -0.05) is 0 Å². The summed E-state index contributed by atoms with van der Waals surface area (Å²) in [5.41, 5.74) is 0.725. The SMILES string of the molecule is COc1ccc(OC(=O)c2cc(OC)c(CO)cc2OC)cc1. The van der Waals surface area contributed by atoms with E-state index in [9.17, 15) is 9.90 Å². The Hall–Kier alpha value is -2.73. The molecule has 0 amide bonds. The van der Waals surface area contributed by atoms with Crippen LogP contribution < -0.4 is 18.9 Å². The molecule has 0 spiro atoms. The number of esters is 1. The molecule has 122 valence electrons. The molecule has 0 aliphatic rings. The number of carbonyl (C=O) groups is 1. The second-order valence-corrected chi connectivity index (χ2v) is 4.59. The molecule has 2 aromatic rings. The standard InChI is InChI=1S/C17H18O6/c1-20-12-4-6-13(7-5-12)23-17(19)14-9-15(21-2)11(10-18)8-16(14)22-3/h4-9,18H,10H2,1-3H3. The molecule has 2 rings (SSSR count). The molecule has 0 unspecified atom stereocenters. The van der Waals surface area contributed by atoms with Gasteiger partial charge in [-0.15, -0.1) is 0 Å². The van der Waals surface area contributed by atoms with Crippen LogP contribution >= 0.6 is 0 Å². The zero-order valence-corrected chi connectivity index (χ0v) is 13.2. The number of hydrogen-bond acceptors (Lipinski definition) is 6. The molecule has 0 aliphatic carbocycles. The summed E-state index contributed by atoms with van der Waals surface area (Å²) in [6.45, 7) is -0.229. The summed E-state index contributed by atoms with van der Waals surface area (Å²) >= 11 is 0. The van der Waals surface area contributed by atoms with Gasteiger partial charge in [-0.3, -0.25) is 0 Å². The molecule has 0 aromatic heterocycles. The molecule has 0 radical (unpaired) electrons. The van der Waals surface area contributed by atoms with Crippen LogP contribution in [0.25, 0.3) is 0 Å². The van der Waals surface area contributed by atoms with Crippen LogP contribution in [0.5, 0.6) is 23.0 Å². The predicted octanol–water partition coefficient (Wildman–Crippen LogP) is 2.42. The number of rotatable bonds is 6. The smallest absolute Gasteiger partial charge is 0.347 e. The quantitative estimate of drug-likeness (QED) is 0.651. The van der Waals surface area contributed by atoms with E-state index < -0.39 is 5.97 Å². The largest absolute Gasteiger partial charge is 0.497 e. The molecule has 6 nitrogen and oxygen atoms in total. The molecule has 0 heterocycles. The third-order valence-electron chi connectivity index (χ3n) is 3.26. The zero-order chi connectivity index (χ0) is 16.8. The molecule has 0 bridgehead atoms. The topological polar surface area (TPSA) is 74.2 Å². The Morgan fingerprint density at radius 1 is 0.913 bits per heavy atom. The van der Waals surface area contributed by atoms with Crippen LogP contribution in [-0.2, 0) is 6.61 Å². The first kappa shape index (κ1) is 16.6. The Bertz CT molecular complexity index is 678. The van der Waals surface area contributed by atoms with Gasteiger partial charge >= 0.3 is 5.97 Å². The first-order valence-corrected chi connectivity index (χ1v) is 6.85. The fraction of sp³-hybridized carbons (Fsp3) is 0.235. The van der Waals surface area contributed by atoms with Crippen LogP contribution in [0.3, 0.4) is 0 Å². The summed E-state index contributed by atoms with van der Waals surface area (Å²) in [7, 11) is 4.45. The van der Waals surface area contributed by atoms with Gasteiger partial charge in [0.25, 0.3) is 0 Å². The van der Waals surface area contributed by atoms with E-state index in [0.717, 1.165) is 0 Å². The predicted molar refractivity (Wildman–Crippen MR) is 83.4 cm³/mol. The molecular formula is C17H18O6. The van der Waals surface area contributed by atoms with Gasteiger partial charge in [-0.25, -0.2) is 4.79 Å². The minimum absolute atomic E-state index is 0.206. The van der Waals surface area contributed by atoms with Gasteiger partial charge in [0, 0.05) is 5.56 Å². The van der Waals surface area contributed by atoms with E-state index in [1.165, 1.54) is 20.3 Å². The van der Waals surface area contributed by atoms with Crippen LogP contribution in [0.2, 0.25) is 0 Å². The van der Waals surface area contributed by atoms with Crippen molar-refractivity contribution in [2.45, 2.75) is 6.61 Å². The molecule has 23 heavy (non-hydrogen) atoms. The second kappa shape index (κ2) is 7.51. The van der Waals surface area contributed by atoms with Crippen molar-refractivity contribution >= 4 is 5.97 Å². The number of aliphatic hydroxyl groups excluding tert-OH is 1. The van der Waals surface area contributed by atoms with Crippen molar-refractivity contribution in [3.05, 3.63) is 47.5 Å². The highest BCUT2D eigenvalue weighted by Gasteiger charge is 2.19. The lowest BCUT2D eigenvalue weighted by Gasteiger charge is -2.13. The van der Waals surface area contributed by atoms with Crippen molar-refractivity contribution in [1.82, 2.24) is 0 Å². The third-order valence-corrected chi connectivity index (χ3v) is 3.26. The lowest BCUT2D eigenvalue weighted by atomic mass is 10.1. The van der Waals surface area contributed by atoms with E-state index in [2.05, 4.69) is 0 Å². The van der Waals surface area contributed by atoms with Crippen LogP contribution in [0.15, 0.2) is 36.4 Å². The number of ether oxygens (including phenoxy) is 4. The Kier molecular flexibility index (Phi) is 5.43. The maximum absolute atomic E-state index is 12.4. The van der Waals surface area contributed by atoms with Gasteiger partial charge < -0.3 is 24.1 Å². The maximum atomic E-state index is 12.4.